The molecule has 170 valence electrons. The monoisotopic (exact) mass is 435 g/mol. The second-order valence-electron chi connectivity index (χ2n) is 9.15. The predicted molar refractivity (Wildman–Crippen MR) is 128 cm³/mol. The third-order valence-corrected chi connectivity index (χ3v) is 5.51. The van der Waals surface area contributed by atoms with Gasteiger partial charge in [0.05, 0.1) is 19.0 Å². The highest BCUT2D eigenvalue weighted by Crippen LogP contribution is 2.31. The summed E-state index contributed by atoms with van der Waals surface area (Å²) in [6.07, 6.45) is 3.36. The van der Waals surface area contributed by atoms with Crippen molar-refractivity contribution in [3.8, 4) is 5.75 Å². The summed E-state index contributed by atoms with van der Waals surface area (Å²) < 4.78 is 12.6. The van der Waals surface area contributed by atoms with Gasteiger partial charge in [0.15, 0.2) is 0 Å². The van der Waals surface area contributed by atoms with Crippen LogP contribution in [0.5, 0.6) is 5.75 Å². The molecule has 1 heterocycles. The van der Waals surface area contributed by atoms with E-state index in [0.717, 1.165) is 41.4 Å². The minimum Gasteiger partial charge on any atom is -0.497 e. The molecule has 5 nitrogen and oxygen atoms in total. The number of benzene rings is 2. The van der Waals surface area contributed by atoms with Crippen molar-refractivity contribution in [2.75, 3.05) is 7.11 Å². The topological polar surface area (TPSA) is 57.5 Å². The Bertz CT molecular complexity index is 1120. The number of hydrogen-bond donors (Lipinski definition) is 0. The summed E-state index contributed by atoms with van der Waals surface area (Å²) in [4.78, 5) is 26.1. The number of rotatable bonds is 7. The van der Waals surface area contributed by atoms with E-state index < -0.39 is 5.60 Å². The highest BCUT2D eigenvalue weighted by atomic mass is 16.6. The number of hydrogen-bond acceptors (Lipinski definition) is 4. The summed E-state index contributed by atoms with van der Waals surface area (Å²) in [6, 6.07) is 13.4. The average Bonchev–Trinajstić information content (AvgIpc) is 3.01. The standard InChI is InChI=1S/C27H33NO4/c1-7-8-9-19-10-12-20(13-11-19)26(30)28-18(2)22(17-25(29)32-27(3,4)5)23-16-21(31-6)14-15-24(23)28/h10-16H,7-9,17H2,1-6H3. The Morgan fingerprint density at radius 1 is 1.03 bits per heavy atom. The average molecular weight is 436 g/mol. The summed E-state index contributed by atoms with van der Waals surface area (Å²) in [5.74, 6) is 0.234. The number of esters is 1. The Labute approximate surface area is 190 Å². The predicted octanol–water partition coefficient (Wildman–Crippen LogP) is 5.87. The van der Waals surface area contributed by atoms with E-state index in [-0.39, 0.29) is 18.3 Å². The molecule has 0 fully saturated rings. The molecular formula is C27H33NO4. The molecule has 5 heteroatoms. The van der Waals surface area contributed by atoms with E-state index in [2.05, 4.69) is 6.92 Å². The van der Waals surface area contributed by atoms with E-state index in [1.807, 2.05) is 70.2 Å². The van der Waals surface area contributed by atoms with E-state index in [4.69, 9.17) is 9.47 Å². The van der Waals surface area contributed by atoms with Crippen LogP contribution in [-0.2, 0) is 22.4 Å². The molecule has 0 amide bonds. The molecule has 0 radical (unpaired) electrons. The van der Waals surface area contributed by atoms with E-state index in [1.54, 1.807) is 11.7 Å². The van der Waals surface area contributed by atoms with Gasteiger partial charge in [0, 0.05) is 16.6 Å². The van der Waals surface area contributed by atoms with E-state index in [9.17, 15) is 9.59 Å². The van der Waals surface area contributed by atoms with E-state index in [0.29, 0.717) is 11.3 Å². The van der Waals surface area contributed by atoms with Crippen LogP contribution in [0.1, 0.15) is 67.7 Å². The molecule has 0 N–H and O–H groups in total. The van der Waals surface area contributed by atoms with Gasteiger partial charge in [-0.3, -0.25) is 14.2 Å². The maximum atomic E-state index is 13.5. The fourth-order valence-electron chi connectivity index (χ4n) is 3.92. The lowest BCUT2D eigenvalue weighted by Crippen LogP contribution is -2.25. The third-order valence-electron chi connectivity index (χ3n) is 5.51. The van der Waals surface area contributed by atoms with Gasteiger partial charge in [0.1, 0.15) is 11.4 Å². The summed E-state index contributed by atoms with van der Waals surface area (Å²) in [6.45, 7) is 9.58. The van der Waals surface area contributed by atoms with Crippen molar-refractivity contribution < 1.29 is 19.1 Å². The first kappa shape index (κ1) is 23.6. The molecule has 0 aliphatic rings. The Morgan fingerprint density at radius 2 is 1.72 bits per heavy atom. The lowest BCUT2D eigenvalue weighted by Gasteiger charge is -2.19. The highest BCUT2D eigenvalue weighted by molar-refractivity contribution is 6.05. The van der Waals surface area contributed by atoms with Crippen molar-refractivity contribution in [3.05, 3.63) is 64.8 Å². The van der Waals surface area contributed by atoms with Crippen molar-refractivity contribution in [1.82, 2.24) is 4.57 Å². The van der Waals surface area contributed by atoms with Crippen LogP contribution in [0.25, 0.3) is 10.9 Å². The Morgan fingerprint density at radius 3 is 2.31 bits per heavy atom. The van der Waals surface area contributed by atoms with Crippen LogP contribution in [0, 0.1) is 6.92 Å². The van der Waals surface area contributed by atoms with Crippen LogP contribution in [0.3, 0.4) is 0 Å². The highest BCUT2D eigenvalue weighted by Gasteiger charge is 2.24. The number of ether oxygens (including phenoxy) is 2. The van der Waals surface area contributed by atoms with Crippen molar-refractivity contribution in [3.63, 3.8) is 0 Å². The van der Waals surface area contributed by atoms with Crippen molar-refractivity contribution in [2.24, 2.45) is 0 Å². The molecule has 0 spiro atoms. The Kier molecular flexibility index (Phi) is 7.07. The maximum Gasteiger partial charge on any atom is 0.310 e. The van der Waals surface area contributed by atoms with Gasteiger partial charge < -0.3 is 9.47 Å². The smallest absolute Gasteiger partial charge is 0.310 e. The molecule has 3 rings (SSSR count). The van der Waals surface area contributed by atoms with Gasteiger partial charge in [-0.25, -0.2) is 0 Å². The number of fused-ring (bicyclic) bond motifs is 1. The van der Waals surface area contributed by atoms with Crippen LogP contribution in [-0.4, -0.2) is 29.2 Å². The van der Waals surface area contributed by atoms with Gasteiger partial charge in [-0.2, -0.15) is 0 Å². The molecule has 1 aromatic heterocycles. The minimum absolute atomic E-state index is 0.0863. The first-order valence-corrected chi connectivity index (χ1v) is 11.2. The van der Waals surface area contributed by atoms with Crippen LogP contribution >= 0.6 is 0 Å². The fourth-order valence-corrected chi connectivity index (χ4v) is 3.92. The zero-order valence-corrected chi connectivity index (χ0v) is 20.0. The third kappa shape index (κ3) is 5.21. The lowest BCUT2D eigenvalue weighted by atomic mass is 10.1. The zero-order chi connectivity index (χ0) is 23.5. The van der Waals surface area contributed by atoms with Gasteiger partial charge >= 0.3 is 5.97 Å². The largest absolute Gasteiger partial charge is 0.497 e. The Balaban J connectivity index is 2.04. The van der Waals surface area contributed by atoms with Crippen LogP contribution < -0.4 is 4.74 Å². The second-order valence-corrected chi connectivity index (χ2v) is 9.15. The van der Waals surface area contributed by atoms with Gasteiger partial charge in [-0.1, -0.05) is 25.5 Å². The number of carbonyl (C=O) groups is 2. The van der Waals surface area contributed by atoms with Crippen molar-refractivity contribution in [2.45, 2.75) is 65.9 Å². The number of nitrogens with zero attached hydrogens (tertiary/aromatic N) is 1. The summed E-state index contributed by atoms with van der Waals surface area (Å²) in [5.41, 5.74) is 3.54. The van der Waals surface area contributed by atoms with Crippen LogP contribution in [0.2, 0.25) is 0 Å². The molecular weight excluding hydrogens is 402 g/mol. The molecule has 0 atom stereocenters. The first-order valence-electron chi connectivity index (χ1n) is 11.2. The number of aryl methyl sites for hydroxylation is 1. The SMILES string of the molecule is CCCCc1ccc(C(=O)n2c(C)c(CC(=O)OC(C)(C)C)c3cc(OC)ccc32)cc1. The molecule has 0 saturated carbocycles. The van der Waals surface area contributed by atoms with Gasteiger partial charge in [0.25, 0.3) is 5.91 Å². The number of methoxy groups -OCH3 is 1. The number of unbranched alkanes of at least 4 members (excludes halogenated alkanes) is 1. The van der Waals surface area contributed by atoms with Gasteiger partial charge in [-0.15, -0.1) is 0 Å². The minimum atomic E-state index is -0.573. The van der Waals surface area contributed by atoms with Crippen molar-refractivity contribution >= 4 is 22.8 Å². The molecule has 0 bridgehead atoms. The van der Waals surface area contributed by atoms with Gasteiger partial charge in [-0.05, 0) is 82.0 Å². The molecule has 0 saturated heterocycles. The second kappa shape index (κ2) is 9.60. The molecule has 0 unspecified atom stereocenters. The van der Waals surface area contributed by atoms with Crippen LogP contribution in [0.15, 0.2) is 42.5 Å². The van der Waals surface area contributed by atoms with Crippen molar-refractivity contribution in [1.29, 1.82) is 0 Å². The van der Waals surface area contributed by atoms with Gasteiger partial charge in [0.2, 0.25) is 0 Å². The maximum absolute atomic E-state index is 13.5. The fraction of sp³-hybridized carbons (Fsp3) is 0.407. The molecule has 0 aliphatic carbocycles. The summed E-state index contributed by atoms with van der Waals surface area (Å²) in [5, 5.41) is 0.820. The summed E-state index contributed by atoms with van der Waals surface area (Å²) >= 11 is 0. The van der Waals surface area contributed by atoms with Crippen LogP contribution in [0.4, 0.5) is 0 Å². The first-order chi connectivity index (χ1) is 15.1. The quantitative estimate of drug-likeness (QED) is 0.435. The lowest BCUT2D eigenvalue weighted by molar-refractivity contribution is -0.153. The van der Waals surface area contributed by atoms with E-state index in [1.165, 1.54) is 5.56 Å². The van der Waals surface area contributed by atoms with E-state index >= 15 is 0 Å². The Hall–Kier alpha value is -3.08. The molecule has 32 heavy (non-hydrogen) atoms. The molecule has 2 aromatic carbocycles. The zero-order valence-electron chi connectivity index (χ0n) is 20.0. The number of carbonyl (C=O) groups excluding carboxylic acids is 2. The summed E-state index contributed by atoms with van der Waals surface area (Å²) in [7, 11) is 1.60. The number of aromatic nitrogens is 1. The molecule has 3 aromatic rings. The molecule has 0 aliphatic heterocycles. The normalized spacial score (nSPS) is 11.6.